The quantitative estimate of drug-likeness (QED) is 0.0564. The summed E-state index contributed by atoms with van der Waals surface area (Å²) in [7, 11) is 0. The average molecular weight is 1610 g/mol. The van der Waals surface area contributed by atoms with Crippen molar-refractivity contribution in [3.05, 3.63) is 356 Å². The maximum absolute atomic E-state index is 16.0. The number of fused-ring (bicyclic) bond motifs is 15. The van der Waals surface area contributed by atoms with Gasteiger partial charge in [-0.3, -0.25) is 0 Å². The first kappa shape index (κ1) is 75.3. The summed E-state index contributed by atoms with van der Waals surface area (Å²) in [6, 6.07) is 53.7. The summed E-state index contributed by atoms with van der Waals surface area (Å²) in [5, 5.41) is 5.01. The molecular formula is C99H51F16N5. The van der Waals surface area contributed by atoms with Crippen LogP contribution in [-0.4, -0.2) is 22.8 Å². The standard InChI is InChI=1S/C99H51F16N5/c1-2-3-4-5-10-39-116-78-31-23-52(15-19-56-27-35-84-66(44-56)68-46-58(29-37-86(68)119(84)98-92(112)74(104)50-75(105)93(98)113)21-17-54-25-33-82-62(40-54)60-11-6-8-13-80(60)117(82)96-88(108)70(100)48-71(101)89(96)109)42-64(78)65-43-53(24-32-79(65)116)16-20-57-28-36-85-67(45-57)69-47-59(30-38-87(69)120(85)99-94(114)76(106)51-77(107)95(99)115)22-18-55-26-34-83-63(41-55)61-12-7-9-14-81(61)118(83)97-90(110)72(102)49-73(103)91(97)111/h6-9,11-14,23-38,40-51H,2-5,10,39H2,1H3. The Kier molecular flexibility index (Phi) is 18.5. The Balaban J connectivity index is 0.683. The van der Waals surface area contributed by atoms with Crippen molar-refractivity contribution < 1.29 is 70.2 Å². The Labute approximate surface area is 670 Å². The van der Waals surface area contributed by atoms with Gasteiger partial charge in [0.05, 0.1) is 44.1 Å². The van der Waals surface area contributed by atoms with Crippen molar-refractivity contribution in [2.24, 2.45) is 0 Å². The second-order valence-corrected chi connectivity index (χ2v) is 29.1. The van der Waals surface area contributed by atoms with Crippen molar-refractivity contribution in [3.63, 3.8) is 0 Å². The summed E-state index contributed by atoms with van der Waals surface area (Å²) in [4.78, 5) is 0. The van der Waals surface area contributed by atoms with E-state index in [0.717, 1.165) is 72.2 Å². The molecular weight excluding hydrogens is 1560 g/mol. The van der Waals surface area contributed by atoms with Crippen LogP contribution in [0.2, 0.25) is 0 Å². The van der Waals surface area contributed by atoms with Crippen LogP contribution in [0.1, 0.15) is 83.5 Å². The highest BCUT2D eigenvalue weighted by Crippen LogP contribution is 2.43. The number of halogens is 16. The summed E-state index contributed by atoms with van der Waals surface area (Å²) < 4.78 is 252. The molecule has 0 radical (unpaired) electrons. The number of hydrogen-bond acceptors (Lipinski definition) is 0. The first-order chi connectivity index (χ1) is 58.1. The van der Waals surface area contributed by atoms with Gasteiger partial charge in [-0.05, 0) is 164 Å². The summed E-state index contributed by atoms with van der Waals surface area (Å²) in [6.07, 6.45) is 5.06. The molecule has 21 heteroatoms. The molecule has 584 valence electrons. The molecule has 0 unspecified atom stereocenters. The van der Waals surface area contributed by atoms with Crippen LogP contribution >= 0.6 is 0 Å². The molecule has 0 aliphatic heterocycles. The lowest BCUT2D eigenvalue weighted by Crippen LogP contribution is -2.06. The van der Waals surface area contributed by atoms with Gasteiger partial charge >= 0.3 is 0 Å². The van der Waals surface area contributed by atoms with E-state index in [1.54, 1.807) is 121 Å². The van der Waals surface area contributed by atoms with Crippen molar-refractivity contribution in [3.8, 4) is 70.1 Å². The van der Waals surface area contributed by atoms with Gasteiger partial charge < -0.3 is 22.8 Å². The van der Waals surface area contributed by atoms with Gasteiger partial charge in [0.2, 0.25) is 0 Å². The maximum atomic E-state index is 16.0. The lowest BCUT2D eigenvalue weighted by Gasteiger charge is -2.11. The van der Waals surface area contributed by atoms with Crippen LogP contribution in [-0.2, 0) is 6.54 Å². The number of hydrogen-bond donors (Lipinski definition) is 0. The predicted molar refractivity (Wildman–Crippen MR) is 435 cm³/mol. The molecule has 120 heavy (non-hydrogen) atoms. The van der Waals surface area contributed by atoms with E-state index in [0.29, 0.717) is 94.1 Å². The van der Waals surface area contributed by atoms with Gasteiger partial charge in [0, 0.05) is 140 Å². The number of unbranched alkanes of at least 4 members (excludes halogenated alkanes) is 4. The van der Waals surface area contributed by atoms with E-state index in [2.05, 4.69) is 58.9 Å². The number of para-hydroxylation sites is 2. The number of aryl methyl sites for hydroxylation is 1. The molecule has 0 spiro atoms. The molecule has 14 aromatic carbocycles. The minimum absolute atomic E-state index is 0.122. The van der Waals surface area contributed by atoms with Gasteiger partial charge in [0.1, 0.15) is 22.7 Å². The molecule has 5 heterocycles. The fraction of sp³-hybridized carbons (Fsp3) is 0.0707. The Bertz CT molecular complexity index is 7440. The zero-order valence-electron chi connectivity index (χ0n) is 62.3. The van der Waals surface area contributed by atoms with Crippen LogP contribution in [0.5, 0.6) is 0 Å². The van der Waals surface area contributed by atoms with E-state index >= 15 is 52.7 Å². The zero-order chi connectivity index (χ0) is 83.0. The van der Waals surface area contributed by atoms with E-state index < -0.39 is 116 Å². The number of benzene rings is 14. The minimum Gasteiger partial charge on any atom is -0.340 e. The van der Waals surface area contributed by atoms with Crippen LogP contribution < -0.4 is 0 Å². The maximum Gasteiger partial charge on any atom is 0.186 e. The first-order valence-electron chi connectivity index (χ1n) is 37.8. The molecule has 0 N–H and O–H groups in total. The van der Waals surface area contributed by atoms with E-state index in [4.69, 9.17) is 0 Å². The molecule has 0 aliphatic carbocycles. The van der Waals surface area contributed by atoms with Gasteiger partial charge in [-0.2, -0.15) is 0 Å². The molecule has 5 nitrogen and oxygen atoms in total. The van der Waals surface area contributed by atoms with E-state index in [1.807, 2.05) is 36.4 Å². The summed E-state index contributed by atoms with van der Waals surface area (Å²) >= 11 is 0. The smallest absolute Gasteiger partial charge is 0.186 e. The highest BCUT2D eigenvalue weighted by molar-refractivity contribution is 6.14. The van der Waals surface area contributed by atoms with E-state index in [9.17, 15) is 17.6 Å². The fourth-order valence-electron chi connectivity index (χ4n) is 16.4. The second-order valence-electron chi connectivity index (χ2n) is 29.1. The Morgan fingerprint density at radius 1 is 0.200 bits per heavy atom. The third kappa shape index (κ3) is 12.5. The van der Waals surface area contributed by atoms with Crippen LogP contribution in [0.25, 0.3) is 132 Å². The molecule has 0 bridgehead atoms. The summed E-state index contributed by atoms with van der Waals surface area (Å²) in [6.45, 7) is 2.83. The van der Waals surface area contributed by atoms with E-state index in [1.165, 1.54) is 36.4 Å². The molecule has 0 amide bonds. The first-order valence-corrected chi connectivity index (χ1v) is 37.8. The topological polar surface area (TPSA) is 24.6 Å². The molecule has 0 saturated heterocycles. The van der Waals surface area contributed by atoms with Gasteiger partial charge in [-0.15, -0.1) is 0 Å². The minimum atomic E-state index is -1.64. The van der Waals surface area contributed by atoms with Crippen molar-refractivity contribution in [1.82, 2.24) is 22.8 Å². The van der Waals surface area contributed by atoms with Crippen molar-refractivity contribution in [2.75, 3.05) is 0 Å². The van der Waals surface area contributed by atoms with Gasteiger partial charge in [-0.25, -0.2) is 70.2 Å². The molecule has 0 atom stereocenters. The SMILES string of the molecule is CCCCCCCn1c2ccc(C#Cc3ccc4c(c3)c3cc(C#Cc5ccc6c(c5)c5ccccc5n6-c5c(F)c(F)cc(F)c5F)ccc3n4-c3c(F)c(F)cc(F)c3F)cc2c2cc(C#Cc3ccc4c(c3)c3cc(C#Cc5ccc6c(c5)c5ccccc5n6-c5c(F)c(F)cc(F)c5F)ccc3n4-c3c(F)c(F)cc(F)c3F)ccc21. The third-order valence-corrected chi connectivity index (χ3v) is 21.9. The second kappa shape index (κ2) is 29.4. The van der Waals surface area contributed by atoms with Crippen LogP contribution in [0.15, 0.2) is 218 Å². The molecule has 19 aromatic rings. The Morgan fingerprint density at radius 2 is 0.392 bits per heavy atom. The predicted octanol–water partition coefficient (Wildman–Crippen LogP) is 26.0. The number of rotatable bonds is 10. The Hall–Kier alpha value is -14.8. The number of nitrogens with zero attached hydrogens (tertiary/aromatic N) is 5. The van der Waals surface area contributed by atoms with Crippen molar-refractivity contribution in [2.45, 2.75) is 45.6 Å². The summed E-state index contributed by atoms with van der Waals surface area (Å²) in [5.74, 6) is -0.313. The molecule has 19 rings (SSSR count). The van der Waals surface area contributed by atoms with Crippen LogP contribution in [0.3, 0.4) is 0 Å². The molecule has 5 aromatic heterocycles. The van der Waals surface area contributed by atoms with Crippen LogP contribution in [0, 0.1) is 140 Å². The highest BCUT2D eigenvalue weighted by Gasteiger charge is 2.30. The monoisotopic (exact) mass is 1610 g/mol. The largest absolute Gasteiger partial charge is 0.340 e. The van der Waals surface area contributed by atoms with Gasteiger partial charge in [0.15, 0.2) is 93.1 Å². The Morgan fingerprint density at radius 3 is 0.625 bits per heavy atom. The number of aromatic nitrogens is 5. The highest BCUT2D eigenvalue weighted by atomic mass is 19.2. The fourth-order valence-corrected chi connectivity index (χ4v) is 16.4. The third-order valence-electron chi connectivity index (χ3n) is 21.9. The van der Waals surface area contributed by atoms with Crippen molar-refractivity contribution >= 4 is 109 Å². The van der Waals surface area contributed by atoms with Crippen LogP contribution in [0.4, 0.5) is 70.2 Å². The van der Waals surface area contributed by atoms with E-state index in [-0.39, 0.29) is 68.4 Å². The van der Waals surface area contributed by atoms with Gasteiger partial charge in [-0.1, -0.05) is 116 Å². The molecule has 0 saturated carbocycles. The normalized spacial score (nSPS) is 11.6. The van der Waals surface area contributed by atoms with Gasteiger partial charge in [0.25, 0.3) is 0 Å². The molecule has 0 aliphatic rings. The molecule has 0 fully saturated rings. The zero-order valence-corrected chi connectivity index (χ0v) is 62.3. The lowest BCUT2D eigenvalue weighted by molar-refractivity contribution is 0.449. The average Bonchev–Trinajstić information content (AvgIpc) is 1.57. The lowest BCUT2D eigenvalue weighted by atomic mass is 10.0. The van der Waals surface area contributed by atoms with Crippen molar-refractivity contribution in [1.29, 1.82) is 0 Å². The summed E-state index contributed by atoms with van der Waals surface area (Å²) in [5.41, 5.74) is 3.10.